The third-order valence-electron chi connectivity index (χ3n) is 4.48. The van der Waals surface area contributed by atoms with E-state index in [4.69, 9.17) is 0 Å². The zero-order chi connectivity index (χ0) is 12.0. The van der Waals surface area contributed by atoms with Crippen LogP contribution < -0.4 is 0 Å². The fourth-order valence-electron chi connectivity index (χ4n) is 3.12. The fourth-order valence-corrected chi connectivity index (χ4v) is 3.94. The molecule has 0 N–H and O–H groups in total. The SMILES string of the molecule is CC(c1cccs1)N(C)C(=O)C1CC2CC2C1. The van der Waals surface area contributed by atoms with Crippen molar-refractivity contribution in [1.29, 1.82) is 0 Å². The first-order valence-electron chi connectivity index (χ1n) is 6.47. The summed E-state index contributed by atoms with van der Waals surface area (Å²) in [5.41, 5.74) is 0. The summed E-state index contributed by atoms with van der Waals surface area (Å²) in [6, 6.07) is 4.39. The molecule has 2 fully saturated rings. The Morgan fingerprint density at radius 1 is 1.41 bits per heavy atom. The molecule has 0 aliphatic heterocycles. The first kappa shape index (κ1) is 11.3. The van der Waals surface area contributed by atoms with Gasteiger partial charge in [0.2, 0.25) is 5.91 Å². The molecule has 1 heterocycles. The Morgan fingerprint density at radius 2 is 2.12 bits per heavy atom. The van der Waals surface area contributed by atoms with E-state index >= 15 is 0 Å². The van der Waals surface area contributed by atoms with Crippen LogP contribution in [0.1, 0.15) is 37.1 Å². The lowest BCUT2D eigenvalue weighted by Gasteiger charge is -2.27. The van der Waals surface area contributed by atoms with Crippen molar-refractivity contribution in [2.24, 2.45) is 17.8 Å². The van der Waals surface area contributed by atoms with Gasteiger partial charge < -0.3 is 4.90 Å². The van der Waals surface area contributed by atoms with E-state index in [0.717, 1.165) is 24.7 Å². The van der Waals surface area contributed by atoms with Gasteiger partial charge in [0, 0.05) is 17.8 Å². The van der Waals surface area contributed by atoms with Crippen molar-refractivity contribution < 1.29 is 4.79 Å². The van der Waals surface area contributed by atoms with Crippen molar-refractivity contribution in [3.05, 3.63) is 22.4 Å². The molecule has 0 spiro atoms. The van der Waals surface area contributed by atoms with Crippen molar-refractivity contribution in [3.8, 4) is 0 Å². The maximum absolute atomic E-state index is 12.4. The molecule has 0 aromatic carbocycles. The quantitative estimate of drug-likeness (QED) is 0.804. The molecule has 2 aliphatic carbocycles. The Labute approximate surface area is 107 Å². The predicted octanol–water partition coefficient (Wildman–Crippen LogP) is 3.31. The normalized spacial score (nSPS) is 32.0. The van der Waals surface area contributed by atoms with Crippen molar-refractivity contribution in [2.45, 2.75) is 32.2 Å². The fraction of sp³-hybridized carbons (Fsp3) is 0.643. The zero-order valence-electron chi connectivity index (χ0n) is 10.4. The van der Waals surface area contributed by atoms with Crippen molar-refractivity contribution in [1.82, 2.24) is 4.90 Å². The summed E-state index contributed by atoms with van der Waals surface area (Å²) in [6.07, 6.45) is 3.67. The highest BCUT2D eigenvalue weighted by molar-refractivity contribution is 7.10. The number of hydrogen-bond donors (Lipinski definition) is 0. The maximum atomic E-state index is 12.4. The second-order valence-corrected chi connectivity index (χ2v) is 6.54. The lowest BCUT2D eigenvalue weighted by atomic mass is 10.0. The van der Waals surface area contributed by atoms with Crippen molar-refractivity contribution >= 4 is 17.2 Å². The highest BCUT2D eigenvalue weighted by Gasteiger charge is 2.48. The third kappa shape index (κ3) is 2.01. The van der Waals surface area contributed by atoms with E-state index in [1.54, 1.807) is 11.3 Å². The number of rotatable bonds is 3. The molecule has 1 aromatic heterocycles. The topological polar surface area (TPSA) is 20.3 Å². The standard InChI is InChI=1S/C14H19NOS/c1-9(13-4-3-5-17-13)15(2)14(16)12-7-10-6-11(10)8-12/h3-5,9-12H,6-8H2,1-2H3. The Morgan fingerprint density at radius 3 is 2.71 bits per heavy atom. The molecule has 2 nitrogen and oxygen atoms in total. The molecule has 17 heavy (non-hydrogen) atoms. The second-order valence-electron chi connectivity index (χ2n) is 5.56. The van der Waals surface area contributed by atoms with Gasteiger partial charge in [-0.25, -0.2) is 0 Å². The third-order valence-corrected chi connectivity index (χ3v) is 5.52. The average molecular weight is 249 g/mol. The lowest BCUT2D eigenvalue weighted by molar-refractivity contribution is -0.136. The molecule has 2 saturated carbocycles. The molecule has 0 bridgehead atoms. The van der Waals surface area contributed by atoms with Gasteiger partial charge in [-0.2, -0.15) is 0 Å². The van der Waals surface area contributed by atoms with Gasteiger partial charge in [-0.15, -0.1) is 11.3 Å². The number of fused-ring (bicyclic) bond motifs is 1. The Hall–Kier alpha value is -0.830. The van der Waals surface area contributed by atoms with Crippen LogP contribution in [-0.2, 0) is 4.79 Å². The minimum atomic E-state index is 0.222. The first-order chi connectivity index (χ1) is 8.16. The van der Waals surface area contributed by atoms with Crippen molar-refractivity contribution in [2.75, 3.05) is 7.05 Å². The van der Waals surface area contributed by atoms with Gasteiger partial charge in [0.25, 0.3) is 0 Å². The molecule has 1 aromatic rings. The number of hydrogen-bond acceptors (Lipinski definition) is 2. The van der Waals surface area contributed by atoms with Gasteiger partial charge in [-0.05, 0) is 49.5 Å². The van der Waals surface area contributed by atoms with Crippen LogP contribution >= 0.6 is 11.3 Å². The van der Waals surface area contributed by atoms with E-state index in [0.29, 0.717) is 11.8 Å². The van der Waals surface area contributed by atoms with E-state index in [9.17, 15) is 4.79 Å². The first-order valence-corrected chi connectivity index (χ1v) is 7.35. The summed E-state index contributed by atoms with van der Waals surface area (Å²) >= 11 is 1.73. The van der Waals surface area contributed by atoms with E-state index in [-0.39, 0.29) is 6.04 Å². The Kier molecular flexibility index (Phi) is 2.74. The van der Waals surface area contributed by atoms with Crippen LogP contribution in [0.25, 0.3) is 0 Å². The summed E-state index contributed by atoms with van der Waals surface area (Å²) in [5, 5.41) is 2.08. The van der Waals surface area contributed by atoms with Crippen LogP contribution in [-0.4, -0.2) is 17.9 Å². The highest BCUT2D eigenvalue weighted by Crippen LogP contribution is 2.54. The summed E-state index contributed by atoms with van der Waals surface area (Å²) in [6.45, 7) is 2.12. The van der Waals surface area contributed by atoms with E-state index in [1.807, 2.05) is 11.9 Å². The number of carbonyl (C=O) groups excluding carboxylic acids is 1. The molecule has 3 atom stereocenters. The van der Waals surface area contributed by atoms with Gasteiger partial charge in [0.15, 0.2) is 0 Å². The van der Waals surface area contributed by atoms with Gasteiger partial charge >= 0.3 is 0 Å². The predicted molar refractivity (Wildman–Crippen MR) is 69.8 cm³/mol. The maximum Gasteiger partial charge on any atom is 0.225 e. The van der Waals surface area contributed by atoms with Crippen LogP contribution in [0, 0.1) is 17.8 Å². The summed E-state index contributed by atoms with van der Waals surface area (Å²) in [7, 11) is 1.96. The van der Waals surface area contributed by atoms with Gasteiger partial charge in [-0.3, -0.25) is 4.79 Å². The molecule has 0 radical (unpaired) electrons. The second kappa shape index (κ2) is 4.13. The van der Waals surface area contributed by atoms with Gasteiger partial charge in [0.05, 0.1) is 6.04 Å². The molecular formula is C14H19NOS. The average Bonchev–Trinajstić information content (AvgIpc) is 2.81. The van der Waals surface area contributed by atoms with Crippen LogP contribution in [0.4, 0.5) is 0 Å². The number of nitrogens with zero attached hydrogens (tertiary/aromatic N) is 1. The summed E-state index contributed by atoms with van der Waals surface area (Å²) in [5.74, 6) is 2.44. The Bertz CT molecular complexity index is 404. The van der Waals surface area contributed by atoms with E-state index in [2.05, 4.69) is 24.4 Å². The minimum Gasteiger partial charge on any atom is -0.338 e. The summed E-state index contributed by atoms with van der Waals surface area (Å²) < 4.78 is 0. The molecule has 1 amide bonds. The van der Waals surface area contributed by atoms with E-state index in [1.165, 1.54) is 11.3 Å². The lowest BCUT2D eigenvalue weighted by Crippen LogP contribution is -2.34. The molecule has 2 aliphatic rings. The number of amides is 1. The largest absolute Gasteiger partial charge is 0.338 e. The van der Waals surface area contributed by atoms with Crippen LogP contribution in [0.15, 0.2) is 17.5 Å². The van der Waals surface area contributed by atoms with Gasteiger partial charge in [0.1, 0.15) is 0 Å². The molecule has 0 saturated heterocycles. The molecular weight excluding hydrogens is 230 g/mol. The number of thiophene rings is 1. The Balaban J connectivity index is 1.65. The van der Waals surface area contributed by atoms with Crippen LogP contribution in [0.2, 0.25) is 0 Å². The van der Waals surface area contributed by atoms with Crippen LogP contribution in [0.3, 0.4) is 0 Å². The highest BCUT2D eigenvalue weighted by atomic mass is 32.1. The molecule has 3 heteroatoms. The molecule has 92 valence electrons. The molecule has 3 unspecified atom stereocenters. The summed E-state index contributed by atoms with van der Waals surface area (Å²) in [4.78, 5) is 15.6. The monoisotopic (exact) mass is 249 g/mol. The van der Waals surface area contributed by atoms with Crippen molar-refractivity contribution in [3.63, 3.8) is 0 Å². The van der Waals surface area contributed by atoms with Gasteiger partial charge in [-0.1, -0.05) is 6.07 Å². The number of carbonyl (C=O) groups is 1. The smallest absolute Gasteiger partial charge is 0.225 e. The zero-order valence-corrected chi connectivity index (χ0v) is 11.2. The molecule has 3 rings (SSSR count). The minimum absolute atomic E-state index is 0.222. The van der Waals surface area contributed by atoms with Crippen LogP contribution in [0.5, 0.6) is 0 Å². The van der Waals surface area contributed by atoms with E-state index < -0.39 is 0 Å².